The van der Waals surface area contributed by atoms with E-state index in [2.05, 4.69) is 10.0 Å². The SMILES string of the molecule is COc1ccc(C(C)NC(=O)CCc2ccc(S(=O)(=O)NC(C)C)cc2)cc1OC. The van der Waals surface area contributed by atoms with Crippen molar-refractivity contribution in [3.05, 3.63) is 53.6 Å². The van der Waals surface area contributed by atoms with Gasteiger partial charge in [0.15, 0.2) is 11.5 Å². The summed E-state index contributed by atoms with van der Waals surface area (Å²) in [6.07, 6.45) is 0.816. The van der Waals surface area contributed by atoms with Crippen LogP contribution in [0.4, 0.5) is 0 Å². The van der Waals surface area contributed by atoms with Gasteiger partial charge < -0.3 is 14.8 Å². The van der Waals surface area contributed by atoms with Crippen LogP contribution in [0.5, 0.6) is 11.5 Å². The van der Waals surface area contributed by atoms with Gasteiger partial charge in [-0.1, -0.05) is 18.2 Å². The normalized spacial score (nSPS) is 12.5. The lowest BCUT2D eigenvalue weighted by atomic mass is 10.1. The molecule has 0 aliphatic carbocycles. The van der Waals surface area contributed by atoms with E-state index < -0.39 is 10.0 Å². The van der Waals surface area contributed by atoms with Crippen molar-refractivity contribution in [3.63, 3.8) is 0 Å². The molecule has 2 aromatic rings. The minimum absolute atomic E-state index is 0.0875. The number of aryl methyl sites for hydroxylation is 1. The average Bonchev–Trinajstić information content (AvgIpc) is 2.71. The molecule has 0 saturated heterocycles. The van der Waals surface area contributed by atoms with Crippen LogP contribution >= 0.6 is 0 Å². The van der Waals surface area contributed by atoms with Gasteiger partial charge in [-0.3, -0.25) is 4.79 Å². The second kappa shape index (κ2) is 10.4. The Balaban J connectivity index is 1.93. The van der Waals surface area contributed by atoms with Crippen LogP contribution in [0.1, 0.15) is 44.4 Å². The van der Waals surface area contributed by atoms with E-state index in [1.807, 2.05) is 19.1 Å². The molecule has 0 aromatic heterocycles. The number of carbonyl (C=O) groups excluding carboxylic acids is 1. The van der Waals surface area contributed by atoms with Gasteiger partial charge in [-0.25, -0.2) is 13.1 Å². The number of hydrogen-bond donors (Lipinski definition) is 2. The summed E-state index contributed by atoms with van der Waals surface area (Å²) in [5, 5.41) is 2.97. The van der Waals surface area contributed by atoms with Crippen molar-refractivity contribution < 1.29 is 22.7 Å². The number of benzene rings is 2. The van der Waals surface area contributed by atoms with Crippen LogP contribution in [0.15, 0.2) is 47.4 Å². The maximum absolute atomic E-state index is 12.4. The van der Waals surface area contributed by atoms with E-state index >= 15 is 0 Å². The molecule has 8 heteroatoms. The second-order valence-corrected chi connectivity index (χ2v) is 9.04. The Morgan fingerprint density at radius 3 is 2.17 bits per heavy atom. The van der Waals surface area contributed by atoms with E-state index in [1.165, 1.54) is 0 Å². The molecular weight excluding hydrogens is 404 g/mol. The molecule has 1 unspecified atom stereocenters. The predicted molar refractivity (Wildman–Crippen MR) is 116 cm³/mol. The lowest BCUT2D eigenvalue weighted by molar-refractivity contribution is -0.121. The summed E-state index contributed by atoms with van der Waals surface area (Å²) in [6, 6.07) is 11.8. The van der Waals surface area contributed by atoms with Crippen LogP contribution < -0.4 is 19.5 Å². The number of ether oxygens (including phenoxy) is 2. The molecule has 0 fully saturated rings. The van der Waals surface area contributed by atoms with Gasteiger partial charge in [-0.15, -0.1) is 0 Å². The topological polar surface area (TPSA) is 93.7 Å². The zero-order chi connectivity index (χ0) is 22.3. The smallest absolute Gasteiger partial charge is 0.240 e. The van der Waals surface area contributed by atoms with E-state index in [0.717, 1.165) is 11.1 Å². The lowest BCUT2D eigenvalue weighted by Gasteiger charge is -2.16. The van der Waals surface area contributed by atoms with Gasteiger partial charge in [-0.2, -0.15) is 0 Å². The third kappa shape index (κ3) is 6.47. The molecule has 0 aliphatic heterocycles. The molecule has 0 aliphatic rings. The van der Waals surface area contributed by atoms with Gasteiger partial charge in [0.1, 0.15) is 0 Å². The van der Waals surface area contributed by atoms with Crippen LogP contribution in [-0.2, 0) is 21.2 Å². The lowest BCUT2D eigenvalue weighted by Crippen LogP contribution is -2.30. The monoisotopic (exact) mass is 434 g/mol. The van der Waals surface area contributed by atoms with Crippen molar-refractivity contribution >= 4 is 15.9 Å². The third-order valence-electron chi connectivity index (χ3n) is 4.55. The minimum atomic E-state index is -3.51. The van der Waals surface area contributed by atoms with Gasteiger partial charge in [-0.05, 0) is 62.6 Å². The number of amides is 1. The highest BCUT2D eigenvalue weighted by atomic mass is 32.2. The Morgan fingerprint density at radius 1 is 0.967 bits per heavy atom. The molecule has 30 heavy (non-hydrogen) atoms. The van der Waals surface area contributed by atoms with Crippen molar-refractivity contribution in [1.82, 2.24) is 10.0 Å². The van der Waals surface area contributed by atoms with E-state index in [-0.39, 0.29) is 22.9 Å². The highest BCUT2D eigenvalue weighted by Crippen LogP contribution is 2.29. The fraction of sp³-hybridized carbons (Fsp3) is 0.409. The summed E-state index contributed by atoms with van der Waals surface area (Å²) < 4.78 is 37.4. The first-order valence-electron chi connectivity index (χ1n) is 9.79. The number of hydrogen-bond acceptors (Lipinski definition) is 5. The molecule has 1 amide bonds. The van der Waals surface area contributed by atoms with Gasteiger partial charge >= 0.3 is 0 Å². The fourth-order valence-corrected chi connectivity index (χ4v) is 4.24. The Bertz CT molecular complexity index is 956. The Labute approximate surface area is 178 Å². The molecule has 2 rings (SSSR count). The first kappa shape index (κ1) is 23.7. The molecule has 1 atom stereocenters. The van der Waals surface area contributed by atoms with Crippen molar-refractivity contribution in [2.45, 2.75) is 50.6 Å². The maximum atomic E-state index is 12.4. The standard InChI is InChI=1S/C22H30N2O5S/c1-15(2)24-30(26,27)19-10-6-17(7-11-19)8-13-22(25)23-16(3)18-9-12-20(28-4)21(14-18)29-5/h6-7,9-12,14-16,24H,8,13H2,1-5H3,(H,23,25). The maximum Gasteiger partial charge on any atom is 0.240 e. The van der Waals surface area contributed by atoms with Crippen LogP contribution in [0.2, 0.25) is 0 Å². The summed E-state index contributed by atoms with van der Waals surface area (Å²) in [5.41, 5.74) is 1.81. The minimum Gasteiger partial charge on any atom is -0.493 e. The Kier molecular flexibility index (Phi) is 8.25. The van der Waals surface area contributed by atoms with Crippen molar-refractivity contribution in [2.75, 3.05) is 14.2 Å². The average molecular weight is 435 g/mol. The second-order valence-electron chi connectivity index (χ2n) is 7.32. The van der Waals surface area contributed by atoms with Crippen LogP contribution in [0.25, 0.3) is 0 Å². The number of carbonyl (C=O) groups is 1. The number of methoxy groups -OCH3 is 2. The van der Waals surface area contributed by atoms with E-state index in [0.29, 0.717) is 24.3 Å². The third-order valence-corrected chi connectivity index (χ3v) is 6.22. The molecule has 2 N–H and O–H groups in total. The molecular formula is C22H30N2O5S. The van der Waals surface area contributed by atoms with Crippen molar-refractivity contribution in [1.29, 1.82) is 0 Å². The van der Waals surface area contributed by atoms with Gasteiger partial charge in [0.05, 0.1) is 25.2 Å². The van der Waals surface area contributed by atoms with Gasteiger partial charge in [0.2, 0.25) is 15.9 Å². The first-order chi connectivity index (χ1) is 14.2. The molecule has 0 bridgehead atoms. The number of nitrogens with one attached hydrogen (secondary N) is 2. The number of sulfonamides is 1. The molecule has 0 radical (unpaired) electrons. The van der Waals surface area contributed by atoms with E-state index in [9.17, 15) is 13.2 Å². The molecule has 164 valence electrons. The van der Waals surface area contributed by atoms with E-state index in [1.54, 1.807) is 58.4 Å². The quantitative estimate of drug-likeness (QED) is 0.599. The van der Waals surface area contributed by atoms with Crippen molar-refractivity contribution in [3.8, 4) is 11.5 Å². The predicted octanol–water partition coefficient (Wildman–Crippen LogP) is 3.20. The highest BCUT2D eigenvalue weighted by Gasteiger charge is 2.16. The van der Waals surface area contributed by atoms with Crippen LogP contribution in [0, 0.1) is 0 Å². The highest BCUT2D eigenvalue weighted by molar-refractivity contribution is 7.89. The summed E-state index contributed by atoms with van der Waals surface area (Å²) in [4.78, 5) is 12.6. The van der Waals surface area contributed by atoms with E-state index in [4.69, 9.17) is 9.47 Å². The fourth-order valence-electron chi connectivity index (χ4n) is 2.99. The Morgan fingerprint density at radius 2 is 1.60 bits per heavy atom. The molecule has 7 nitrogen and oxygen atoms in total. The molecule has 2 aromatic carbocycles. The summed E-state index contributed by atoms with van der Waals surface area (Å²) in [5.74, 6) is 1.15. The molecule has 0 saturated carbocycles. The molecule has 0 spiro atoms. The zero-order valence-electron chi connectivity index (χ0n) is 18.1. The van der Waals surface area contributed by atoms with Crippen molar-refractivity contribution in [2.24, 2.45) is 0 Å². The summed E-state index contributed by atoms with van der Waals surface area (Å²) in [6.45, 7) is 5.45. The summed E-state index contributed by atoms with van der Waals surface area (Å²) in [7, 11) is -0.369. The summed E-state index contributed by atoms with van der Waals surface area (Å²) >= 11 is 0. The Hall–Kier alpha value is -2.58. The largest absolute Gasteiger partial charge is 0.493 e. The van der Waals surface area contributed by atoms with Crippen LogP contribution in [0.3, 0.4) is 0 Å². The van der Waals surface area contributed by atoms with Gasteiger partial charge in [0.25, 0.3) is 0 Å². The van der Waals surface area contributed by atoms with Gasteiger partial charge in [0, 0.05) is 12.5 Å². The first-order valence-corrected chi connectivity index (χ1v) is 11.3. The molecule has 0 heterocycles. The number of rotatable bonds is 10. The van der Waals surface area contributed by atoms with Crippen LogP contribution in [-0.4, -0.2) is 34.6 Å². The zero-order valence-corrected chi connectivity index (χ0v) is 18.9.